The van der Waals surface area contributed by atoms with Crippen LogP contribution < -0.4 is 10.6 Å². The minimum Gasteiger partial charge on any atom is -0.452 e. The third kappa shape index (κ3) is 5.91. The number of urea groups is 1. The number of hydrogen-bond acceptors (Lipinski definition) is 5. The molecule has 0 aromatic heterocycles. The maximum absolute atomic E-state index is 12.3. The number of nitrogens with zero attached hydrogens (tertiary/aromatic N) is 1. The van der Waals surface area contributed by atoms with Crippen LogP contribution >= 0.6 is 0 Å². The fourth-order valence-corrected chi connectivity index (χ4v) is 3.31. The van der Waals surface area contributed by atoms with Gasteiger partial charge >= 0.3 is 12.0 Å². The molecule has 3 rings (SSSR count). The molecule has 0 aliphatic carbocycles. The van der Waals surface area contributed by atoms with Gasteiger partial charge in [-0.05, 0) is 55.2 Å². The van der Waals surface area contributed by atoms with Crippen molar-refractivity contribution in [3.63, 3.8) is 0 Å². The summed E-state index contributed by atoms with van der Waals surface area (Å²) in [6, 6.07) is 11.5. The van der Waals surface area contributed by atoms with Crippen LogP contribution in [0.5, 0.6) is 0 Å². The molecule has 0 atom stereocenters. The molecule has 0 saturated carbocycles. The summed E-state index contributed by atoms with van der Waals surface area (Å²) in [5.74, 6) is -1.32. The molecule has 2 aromatic carbocycles. The van der Waals surface area contributed by atoms with Crippen molar-refractivity contribution in [3.05, 3.63) is 64.7 Å². The Labute approximate surface area is 180 Å². The highest BCUT2D eigenvalue weighted by atomic mass is 16.5. The highest BCUT2D eigenvalue weighted by Crippen LogP contribution is 2.18. The Hall–Kier alpha value is -3.68. The van der Waals surface area contributed by atoms with Crippen LogP contribution in [0.1, 0.15) is 39.9 Å². The van der Waals surface area contributed by atoms with Crippen LogP contribution in [0.25, 0.3) is 0 Å². The van der Waals surface area contributed by atoms with E-state index in [9.17, 15) is 19.2 Å². The van der Waals surface area contributed by atoms with Crippen molar-refractivity contribution in [1.29, 1.82) is 0 Å². The fourth-order valence-electron chi connectivity index (χ4n) is 3.31. The molecule has 0 radical (unpaired) electrons. The van der Waals surface area contributed by atoms with Crippen LogP contribution in [0, 0.1) is 13.8 Å². The average molecular weight is 423 g/mol. The Morgan fingerprint density at radius 2 is 1.87 bits per heavy atom. The van der Waals surface area contributed by atoms with E-state index in [0.29, 0.717) is 25.2 Å². The third-order valence-corrected chi connectivity index (χ3v) is 5.15. The number of rotatable bonds is 6. The molecule has 31 heavy (non-hydrogen) atoms. The minimum atomic E-state index is -0.741. The second kappa shape index (κ2) is 9.88. The fraction of sp³-hybridized carbons (Fsp3) is 0.304. The molecular weight excluding hydrogens is 398 g/mol. The van der Waals surface area contributed by atoms with Crippen molar-refractivity contribution < 1.29 is 23.9 Å². The van der Waals surface area contributed by atoms with Gasteiger partial charge in [-0.1, -0.05) is 24.3 Å². The molecule has 0 bridgehead atoms. The molecule has 2 N–H and O–H groups in total. The highest BCUT2D eigenvalue weighted by molar-refractivity contribution is 6.02. The van der Waals surface area contributed by atoms with Crippen molar-refractivity contribution in [2.45, 2.75) is 33.2 Å². The summed E-state index contributed by atoms with van der Waals surface area (Å²) in [5, 5.41) is 4.74. The summed E-state index contributed by atoms with van der Waals surface area (Å²) in [6.07, 6.45) is 1.39. The number of nitrogens with one attached hydrogen (secondary N) is 2. The van der Waals surface area contributed by atoms with E-state index in [-0.39, 0.29) is 11.5 Å². The van der Waals surface area contributed by atoms with Crippen molar-refractivity contribution in [2.75, 3.05) is 18.5 Å². The first-order valence-electron chi connectivity index (χ1n) is 10.0. The first-order chi connectivity index (χ1) is 14.8. The maximum atomic E-state index is 12.3. The lowest BCUT2D eigenvalue weighted by Gasteiger charge is -2.15. The number of ether oxygens (including phenoxy) is 1. The summed E-state index contributed by atoms with van der Waals surface area (Å²) in [5.41, 5.74) is 3.58. The van der Waals surface area contributed by atoms with Gasteiger partial charge in [0, 0.05) is 25.2 Å². The Morgan fingerprint density at radius 1 is 1.10 bits per heavy atom. The molecule has 8 heteroatoms. The summed E-state index contributed by atoms with van der Waals surface area (Å²) < 4.78 is 5.02. The first-order valence-corrected chi connectivity index (χ1v) is 10.0. The number of hydrogen-bond donors (Lipinski definition) is 2. The number of anilines is 1. The first kappa shape index (κ1) is 22.0. The molecule has 1 fully saturated rings. The quantitative estimate of drug-likeness (QED) is 0.695. The second-order valence-electron chi connectivity index (χ2n) is 7.45. The zero-order valence-corrected chi connectivity index (χ0v) is 17.6. The third-order valence-electron chi connectivity index (χ3n) is 5.15. The number of carbonyl (C=O) groups excluding carboxylic acids is 4. The van der Waals surface area contributed by atoms with E-state index in [1.54, 1.807) is 35.2 Å². The molecule has 162 valence electrons. The van der Waals surface area contributed by atoms with Gasteiger partial charge in [0.05, 0.1) is 5.56 Å². The van der Waals surface area contributed by atoms with Crippen molar-refractivity contribution in [1.82, 2.24) is 10.2 Å². The van der Waals surface area contributed by atoms with Gasteiger partial charge in [0.1, 0.15) is 0 Å². The average Bonchev–Trinajstić information content (AvgIpc) is 3.14. The number of likely N-dealkylation sites (tertiary alicyclic amines) is 1. The summed E-state index contributed by atoms with van der Waals surface area (Å²) in [7, 11) is 0. The van der Waals surface area contributed by atoms with Crippen LogP contribution in [0.15, 0.2) is 42.5 Å². The van der Waals surface area contributed by atoms with Gasteiger partial charge in [0.2, 0.25) is 5.91 Å². The van der Waals surface area contributed by atoms with Crippen LogP contribution in [-0.4, -0.2) is 41.9 Å². The molecule has 8 nitrogen and oxygen atoms in total. The number of imide groups is 1. The minimum absolute atomic E-state index is 0.101. The Bertz CT molecular complexity index is 1020. The van der Waals surface area contributed by atoms with E-state index in [0.717, 1.165) is 23.1 Å². The van der Waals surface area contributed by atoms with Crippen LogP contribution in [0.2, 0.25) is 0 Å². The normalized spacial score (nSPS) is 13.1. The topological polar surface area (TPSA) is 105 Å². The molecule has 1 heterocycles. The zero-order valence-electron chi connectivity index (χ0n) is 17.6. The van der Waals surface area contributed by atoms with Gasteiger partial charge in [-0.3, -0.25) is 14.9 Å². The Morgan fingerprint density at radius 3 is 2.61 bits per heavy atom. The smallest absolute Gasteiger partial charge is 0.338 e. The Balaban J connectivity index is 1.49. The van der Waals surface area contributed by atoms with Crippen LogP contribution in [0.4, 0.5) is 10.5 Å². The van der Waals surface area contributed by atoms with E-state index in [2.05, 4.69) is 10.6 Å². The van der Waals surface area contributed by atoms with E-state index < -0.39 is 24.5 Å². The second-order valence-corrected chi connectivity index (χ2v) is 7.45. The van der Waals surface area contributed by atoms with Gasteiger partial charge < -0.3 is 15.0 Å². The van der Waals surface area contributed by atoms with Crippen LogP contribution in [0.3, 0.4) is 0 Å². The summed E-state index contributed by atoms with van der Waals surface area (Å²) in [4.78, 5) is 49.8. The van der Waals surface area contributed by atoms with E-state index in [1.807, 2.05) is 26.0 Å². The van der Waals surface area contributed by atoms with Crippen LogP contribution in [-0.2, 0) is 20.9 Å². The monoisotopic (exact) mass is 423 g/mol. The molecule has 0 spiro atoms. The number of esters is 1. The summed E-state index contributed by atoms with van der Waals surface area (Å²) in [6.45, 7) is 4.33. The van der Waals surface area contributed by atoms with Crippen molar-refractivity contribution >= 4 is 29.5 Å². The standard InChI is InChI=1S/C23H25N3O5/c1-15-6-3-9-19(16(15)2)24-23(30)25-20(27)14-31-22(29)18-8-4-7-17(12-18)13-26-11-5-10-21(26)28/h3-4,6-9,12H,5,10-11,13-14H2,1-2H3,(H2,24,25,27,30). The summed E-state index contributed by atoms with van der Waals surface area (Å²) >= 11 is 0. The predicted molar refractivity (Wildman–Crippen MR) is 114 cm³/mol. The van der Waals surface area contributed by atoms with Gasteiger partial charge in [-0.2, -0.15) is 0 Å². The van der Waals surface area contributed by atoms with Gasteiger partial charge in [-0.25, -0.2) is 9.59 Å². The van der Waals surface area contributed by atoms with Crippen molar-refractivity contribution in [3.8, 4) is 0 Å². The van der Waals surface area contributed by atoms with E-state index in [1.165, 1.54) is 0 Å². The van der Waals surface area contributed by atoms with Gasteiger partial charge in [-0.15, -0.1) is 0 Å². The molecule has 1 saturated heterocycles. The molecule has 0 unspecified atom stereocenters. The predicted octanol–water partition coefficient (Wildman–Crippen LogP) is 2.93. The lowest BCUT2D eigenvalue weighted by atomic mass is 10.1. The van der Waals surface area contributed by atoms with Gasteiger partial charge in [0.25, 0.3) is 5.91 Å². The largest absolute Gasteiger partial charge is 0.452 e. The van der Waals surface area contributed by atoms with E-state index in [4.69, 9.17) is 4.74 Å². The van der Waals surface area contributed by atoms with Crippen molar-refractivity contribution in [2.24, 2.45) is 0 Å². The zero-order chi connectivity index (χ0) is 22.4. The highest BCUT2D eigenvalue weighted by Gasteiger charge is 2.20. The molecular formula is C23H25N3O5. The SMILES string of the molecule is Cc1cccc(NC(=O)NC(=O)COC(=O)c2cccc(CN3CCCC3=O)c2)c1C. The molecule has 1 aliphatic rings. The number of benzene rings is 2. The molecule has 2 aromatic rings. The molecule has 4 amide bonds. The number of aryl methyl sites for hydroxylation is 1. The Kier molecular flexibility index (Phi) is 7.02. The molecule has 1 aliphatic heterocycles. The number of amides is 4. The lowest BCUT2D eigenvalue weighted by Crippen LogP contribution is -2.37. The van der Waals surface area contributed by atoms with E-state index >= 15 is 0 Å². The lowest BCUT2D eigenvalue weighted by molar-refractivity contribution is -0.128. The maximum Gasteiger partial charge on any atom is 0.338 e. The number of carbonyl (C=O) groups is 4. The van der Waals surface area contributed by atoms with Gasteiger partial charge in [0.15, 0.2) is 6.61 Å².